The van der Waals surface area contributed by atoms with Crippen LogP contribution in [-0.4, -0.2) is 17.9 Å². The number of hydrogen-bond acceptors (Lipinski definition) is 3. The predicted octanol–water partition coefficient (Wildman–Crippen LogP) is 3.64. The van der Waals surface area contributed by atoms with Gasteiger partial charge in [0.05, 0.1) is 28.8 Å². The van der Waals surface area contributed by atoms with E-state index in [9.17, 15) is 4.79 Å². The van der Waals surface area contributed by atoms with E-state index in [1.54, 1.807) is 31.5 Å². The summed E-state index contributed by atoms with van der Waals surface area (Å²) in [5.74, 6) is 0.445. The van der Waals surface area contributed by atoms with Crippen LogP contribution in [0, 0.1) is 0 Å². The maximum atomic E-state index is 12.7. The van der Waals surface area contributed by atoms with Gasteiger partial charge in [0.2, 0.25) is 0 Å². The molecule has 0 aliphatic heterocycles. The van der Waals surface area contributed by atoms with E-state index in [2.05, 4.69) is 4.98 Å². The van der Waals surface area contributed by atoms with Crippen molar-refractivity contribution in [1.82, 2.24) is 4.98 Å². The van der Waals surface area contributed by atoms with Gasteiger partial charge in [-0.2, -0.15) is 0 Å². The lowest BCUT2D eigenvalue weighted by atomic mass is 10.0. The molecule has 0 aliphatic rings. The zero-order chi connectivity index (χ0) is 15.0. The number of ether oxygens (including phenoxy) is 1. The molecule has 0 radical (unpaired) electrons. The zero-order valence-electron chi connectivity index (χ0n) is 11.3. The molecule has 0 bridgehead atoms. The lowest BCUT2D eigenvalue weighted by Gasteiger charge is -2.07. The number of fused-ring (bicyclic) bond motifs is 1. The SMILES string of the molecule is COc1cccc2[nH]cc(C(=O)c3cccc(N)c3Cl)c12. The van der Waals surface area contributed by atoms with Crippen molar-refractivity contribution in [3.63, 3.8) is 0 Å². The molecule has 4 nitrogen and oxygen atoms in total. The molecule has 0 aliphatic carbocycles. The summed E-state index contributed by atoms with van der Waals surface area (Å²) >= 11 is 6.14. The average molecular weight is 301 g/mol. The van der Waals surface area contributed by atoms with E-state index in [0.29, 0.717) is 22.6 Å². The van der Waals surface area contributed by atoms with E-state index >= 15 is 0 Å². The largest absolute Gasteiger partial charge is 0.496 e. The number of benzene rings is 2. The highest BCUT2D eigenvalue weighted by Gasteiger charge is 2.20. The Morgan fingerprint density at radius 3 is 2.71 bits per heavy atom. The summed E-state index contributed by atoms with van der Waals surface area (Å²) in [6.07, 6.45) is 1.66. The molecule has 0 saturated carbocycles. The topological polar surface area (TPSA) is 68.1 Å². The fourth-order valence-corrected chi connectivity index (χ4v) is 2.58. The first-order valence-corrected chi connectivity index (χ1v) is 6.74. The van der Waals surface area contributed by atoms with Gasteiger partial charge in [0.15, 0.2) is 5.78 Å². The second-order valence-corrected chi connectivity index (χ2v) is 5.00. The number of methoxy groups -OCH3 is 1. The summed E-state index contributed by atoms with van der Waals surface area (Å²) in [6.45, 7) is 0. The van der Waals surface area contributed by atoms with Crippen LogP contribution < -0.4 is 10.5 Å². The minimum atomic E-state index is -0.192. The van der Waals surface area contributed by atoms with Gasteiger partial charge >= 0.3 is 0 Å². The molecule has 21 heavy (non-hydrogen) atoms. The molecule has 3 N–H and O–H groups in total. The van der Waals surface area contributed by atoms with Crippen LogP contribution in [0.3, 0.4) is 0 Å². The van der Waals surface area contributed by atoms with Gasteiger partial charge in [-0.1, -0.05) is 23.7 Å². The summed E-state index contributed by atoms with van der Waals surface area (Å²) in [6, 6.07) is 10.6. The first-order chi connectivity index (χ1) is 10.1. The predicted molar refractivity (Wildman–Crippen MR) is 84.1 cm³/mol. The lowest BCUT2D eigenvalue weighted by Crippen LogP contribution is -2.03. The summed E-state index contributed by atoms with van der Waals surface area (Å²) in [5, 5.41) is 1.01. The van der Waals surface area contributed by atoms with Crippen LogP contribution >= 0.6 is 11.6 Å². The van der Waals surface area contributed by atoms with E-state index in [4.69, 9.17) is 22.1 Å². The molecule has 0 saturated heterocycles. The Balaban J connectivity index is 2.21. The molecule has 0 atom stereocenters. The number of H-pyrrole nitrogens is 1. The highest BCUT2D eigenvalue weighted by Crippen LogP contribution is 2.32. The molecular weight excluding hydrogens is 288 g/mol. The van der Waals surface area contributed by atoms with Gasteiger partial charge in [-0.15, -0.1) is 0 Å². The van der Waals surface area contributed by atoms with Crippen LogP contribution in [0.15, 0.2) is 42.6 Å². The summed E-state index contributed by atoms with van der Waals surface area (Å²) in [4.78, 5) is 15.8. The summed E-state index contributed by atoms with van der Waals surface area (Å²) < 4.78 is 5.34. The van der Waals surface area contributed by atoms with E-state index < -0.39 is 0 Å². The second kappa shape index (κ2) is 5.14. The van der Waals surface area contributed by atoms with E-state index in [1.807, 2.05) is 18.2 Å². The van der Waals surface area contributed by atoms with Crippen molar-refractivity contribution < 1.29 is 9.53 Å². The molecular formula is C16H13ClN2O2. The highest BCUT2D eigenvalue weighted by atomic mass is 35.5. The Morgan fingerprint density at radius 2 is 1.95 bits per heavy atom. The van der Waals surface area contributed by atoms with Crippen molar-refractivity contribution in [2.75, 3.05) is 12.8 Å². The minimum absolute atomic E-state index is 0.192. The van der Waals surface area contributed by atoms with Gasteiger partial charge in [-0.3, -0.25) is 4.79 Å². The van der Waals surface area contributed by atoms with Crippen LogP contribution in [0.25, 0.3) is 10.9 Å². The number of halogens is 1. The number of aromatic amines is 1. The molecule has 3 aromatic rings. The van der Waals surface area contributed by atoms with Gasteiger partial charge in [0, 0.05) is 17.3 Å². The summed E-state index contributed by atoms with van der Waals surface area (Å²) in [7, 11) is 1.57. The minimum Gasteiger partial charge on any atom is -0.496 e. The fraction of sp³-hybridized carbons (Fsp3) is 0.0625. The highest BCUT2D eigenvalue weighted by molar-refractivity contribution is 6.37. The Bertz CT molecular complexity index is 839. The fourth-order valence-electron chi connectivity index (χ4n) is 2.37. The van der Waals surface area contributed by atoms with Crippen molar-refractivity contribution >= 4 is 34.0 Å². The number of nitrogens with one attached hydrogen (secondary N) is 1. The molecule has 3 rings (SSSR count). The molecule has 5 heteroatoms. The molecule has 0 amide bonds. The Labute approximate surface area is 126 Å². The van der Waals surface area contributed by atoms with E-state index in [0.717, 1.165) is 10.9 Å². The second-order valence-electron chi connectivity index (χ2n) is 4.62. The Kier molecular flexibility index (Phi) is 3.31. The number of rotatable bonds is 3. The first kappa shape index (κ1) is 13.5. The number of aromatic nitrogens is 1. The maximum Gasteiger partial charge on any atom is 0.196 e. The first-order valence-electron chi connectivity index (χ1n) is 6.36. The van der Waals surface area contributed by atoms with Crippen molar-refractivity contribution in [3.8, 4) is 5.75 Å². The number of anilines is 1. The van der Waals surface area contributed by atoms with Crippen LogP contribution in [0.2, 0.25) is 5.02 Å². The number of hydrogen-bond donors (Lipinski definition) is 2. The number of carbonyl (C=O) groups excluding carboxylic acids is 1. The molecule has 0 spiro atoms. The van der Waals surface area contributed by atoms with Crippen molar-refractivity contribution in [2.45, 2.75) is 0 Å². The van der Waals surface area contributed by atoms with Crippen LogP contribution in [0.4, 0.5) is 5.69 Å². The third-order valence-electron chi connectivity index (χ3n) is 3.41. The van der Waals surface area contributed by atoms with Crippen LogP contribution in [0.1, 0.15) is 15.9 Å². The van der Waals surface area contributed by atoms with Gasteiger partial charge in [0.1, 0.15) is 5.75 Å². The van der Waals surface area contributed by atoms with Crippen molar-refractivity contribution in [2.24, 2.45) is 0 Å². The molecule has 2 aromatic carbocycles. The number of nitrogen functional groups attached to an aromatic ring is 1. The molecule has 1 heterocycles. The van der Waals surface area contributed by atoms with E-state index in [1.165, 1.54) is 0 Å². The Morgan fingerprint density at radius 1 is 1.19 bits per heavy atom. The van der Waals surface area contributed by atoms with Gasteiger partial charge in [-0.05, 0) is 24.3 Å². The summed E-state index contributed by atoms with van der Waals surface area (Å²) in [5.41, 5.74) is 7.87. The van der Waals surface area contributed by atoms with E-state index in [-0.39, 0.29) is 10.8 Å². The molecule has 0 unspecified atom stereocenters. The van der Waals surface area contributed by atoms with Crippen molar-refractivity contribution in [1.29, 1.82) is 0 Å². The van der Waals surface area contributed by atoms with Crippen LogP contribution in [-0.2, 0) is 0 Å². The van der Waals surface area contributed by atoms with Gasteiger partial charge < -0.3 is 15.5 Å². The number of nitrogens with two attached hydrogens (primary N) is 1. The molecule has 106 valence electrons. The molecule has 1 aromatic heterocycles. The quantitative estimate of drug-likeness (QED) is 0.573. The smallest absolute Gasteiger partial charge is 0.196 e. The number of ketones is 1. The standard InChI is InChI=1S/C16H13ClN2O2/c1-21-13-7-3-6-12-14(13)10(8-19-12)16(20)9-4-2-5-11(18)15(9)17/h2-8,19H,18H2,1H3. The lowest BCUT2D eigenvalue weighted by molar-refractivity contribution is 0.104. The van der Waals surface area contributed by atoms with Gasteiger partial charge in [-0.25, -0.2) is 0 Å². The third kappa shape index (κ3) is 2.14. The maximum absolute atomic E-state index is 12.7. The normalized spacial score (nSPS) is 10.8. The average Bonchev–Trinajstić information content (AvgIpc) is 2.93. The number of carbonyl (C=O) groups is 1. The Hall–Kier alpha value is -2.46. The van der Waals surface area contributed by atoms with Crippen LogP contribution in [0.5, 0.6) is 5.75 Å². The zero-order valence-corrected chi connectivity index (χ0v) is 12.1. The van der Waals surface area contributed by atoms with Crippen molar-refractivity contribution in [3.05, 3.63) is 58.7 Å². The third-order valence-corrected chi connectivity index (χ3v) is 3.83. The monoisotopic (exact) mass is 300 g/mol. The van der Waals surface area contributed by atoms with Gasteiger partial charge in [0.25, 0.3) is 0 Å². The molecule has 0 fully saturated rings.